The van der Waals surface area contributed by atoms with Crippen LogP contribution < -0.4 is 5.32 Å². The Morgan fingerprint density at radius 3 is 2.55 bits per heavy atom. The van der Waals surface area contributed by atoms with Crippen LogP contribution in [0.15, 0.2) is 22.7 Å². The number of halogens is 2. The van der Waals surface area contributed by atoms with Gasteiger partial charge in [-0.05, 0) is 17.4 Å². The van der Waals surface area contributed by atoms with Crippen molar-refractivity contribution in [1.82, 2.24) is 10.2 Å². The van der Waals surface area contributed by atoms with Gasteiger partial charge in [-0.25, -0.2) is 0 Å². The van der Waals surface area contributed by atoms with Crippen molar-refractivity contribution >= 4 is 39.9 Å². The molecule has 0 saturated carbocycles. The molecule has 0 aliphatic carbocycles. The van der Waals surface area contributed by atoms with Gasteiger partial charge in [-0.3, -0.25) is 14.9 Å². The van der Waals surface area contributed by atoms with Gasteiger partial charge in [-0.15, -0.1) is 12.4 Å². The van der Waals surface area contributed by atoms with Crippen LogP contribution in [0.3, 0.4) is 0 Å². The minimum atomic E-state index is -0.439. The van der Waals surface area contributed by atoms with Crippen molar-refractivity contribution in [2.45, 2.75) is 6.42 Å². The van der Waals surface area contributed by atoms with Gasteiger partial charge >= 0.3 is 0 Å². The first-order valence-corrected chi connectivity index (χ1v) is 7.75. The first-order valence-electron chi connectivity index (χ1n) is 6.96. The highest BCUT2D eigenvalue weighted by atomic mass is 79.9. The van der Waals surface area contributed by atoms with Gasteiger partial charge < -0.3 is 10.2 Å². The number of fused-ring (bicyclic) bond motifs is 1. The zero-order chi connectivity index (χ0) is 15.0. The molecule has 2 aliphatic rings. The van der Waals surface area contributed by atoms with E-state index in [4.69, 9.17) is 0 Å². The Morgan fingerprint density at radius 2 is 2.00 bits per heavy atom. The van der Waals surface area contributed by atoms with E-state index in [1.165, 1.54) is 12.1 Å². The zero-order valence-electron chi connectivity index (χ0n) is 11.8. The van der Waals surface area contributed by atoms with Gasteiger partial charge in [0.15, 0.2) is 0 Å². The fraction of sp³-hybridized carbons (Fsp3) is 0.500. The van der Waals surface area contributed by atoms with Crippen molar-refractivity contribution in [3.05, 3.63) is 38.3 Å². The highest BCUT2D eigenvalue weighted by Gasteiger charge is 2.37. The van der Waals surface area contributed by atoms with Gasteiger partial charge in [0.25, 0.3) is 5.69 Å². The molecule has 1 aromatic rings. The van der Waals surface area contributed by atoms with Crippen LogP contribution in [0.2, 0.25) is 0 Å². The van der Waals surface area contributed by atoms with Crippen molar-refractivity contribution in [2.24, 2.45) is 11.8 Å². The Labute approximate surface area is 142 Å². The molecule has 0 radical (unpaired) electrons. The highest BCUT2D eigenvalue weighted by Crippen LogP contribution is 2.28. The van der Waals surface area contributed by atoms with Crippen LogP contribution in [0, 0.1) is 22.0 Å². The predicted octanol–water partition coefficient (Wildman–Crippen LogP) is 2.00. The molecule has 1 aromatic carbocycles. The Kier molecular flexibility index (Phi) is 5.41. The monoisotopic (exact) mass is 389 g/mol. The largest absolute Gasteiger partial charge is 0.342 e. The molecule has 22 heavy (non-hydrogen) atoms. The number of carbonyl (C=O) groups excluding carboxylic acids is 1. The average Bonchev–Trinajstić information content (AvgIpc) is 3.01. The molecule has 1 amide bonds. The van der Waals surface area contributed by atoms with Crippen LogP contribution >= 0.6 is 28.3 Å². The van der Waals surface area contributed by atoms with Gasteiger partial charge in [0.05, 0.1) is 11.3 Å². The van der Waals surface area contributed by atoms with E-state index in [-0.39, 0.29) is 30.4 Å². The quantitative estimate of drug-likeness (QED) is 0.633. The maximum atomic E-state index is 12.4. The Morgan fingerprint density at radius 1 is 1.36 bits per heavy atom. The smallest absolute Gasteiger partial charge is 0.270 e. The van der Waals surface area contributed by atoms with Crippen molar-refractivity contribution in [3.8, 4) is 0 Å². The van der Waals surface area contributed by atoms with E-state index in [1.807, 2.05) is 4.90 Å². The first kappa shape index (κ1) is 17.2. The van der Waals surface area contributed by atoms with E-state index in [0.717, 1.165) is 31.7 Å². The third-order valence-electron chi connectivity index (χ3n) is 4.33. The number of rotatable bonds is 3. The molecular formula is C14H17BrClN3O3. The number of nitrogens with one attached hydrogen (secondary N) is 1. The number of amides is 1. The molecular weight excluding hydrogens is 374 g/mol. The minimum Gasteiger partial charge on any atom is -0.342 e. The Balaban J connectivity index is 0.00000176. The normalized spacial score (nSPS) is 23.0. The van der Waals surface area contributed by atoms with Crippen molar-refractivity contribution in [2.75, 3.05) is 26.2 Å². The first-order chi connectivity index (χ1) is 10.0. The lowest BCUT2D eigenvalue weighted by molar-refractivity contribution is -0.384. The van der Waals surface area contributed by atoms with Crippen molar-refractivity contribution in [3.63, 3.8) is 0 Å². The molecule has 0 unspecified atom stereocenters. The molecule has 1 N–H and O–H groups in total. The van der Waals surface area contributed by atoms with Gasteiger partial charge in [0, 0.05) is 42.8 Å². The predicted molar refractivity (Wildman–Crippen MR) is 88.2 cm³/mol. The zero-order valence-corrected chi connectivity index (χ0v) is 14.2. The number of nitrogens with zero attached hydrogens (tertiary/aromatic N) is 2. The van der Waals surface area contributed by atoms with Crippen molar-refractivity contribution in [1.29, 1.82) is 0 Å². The number of carbonyl (C=O) groups is 1. The van der Waals surface area contributed by atoms with E-state index < -0.39 is 4.92 Å². The lowest BCUT2D eigenvalue weighted by atomic mass is 10.0. The molecule has 2 atom stereocenters. The summed E-state index contributed by atoms with van der Waals surface area (Å²) < 4.78 is 0.617. The fourth-order valence-corrected chi connectivity index (χ4v) is 3.63. The highest BCUT2D eigenvalue weighted by molar-refractivity contribution is 9.10. The number of benzene rings is 1. The van der Waals surface area contributed by atoms with Gasteiger partial charge in [0.1, 0.15) is 0 Å². The van der Waals surface area contributed by atoms with Crippen LogP contribution in [-0.2, 0) is 11.2 Å². The summed E-state index contributed by atoms with van der Waals surface area (Å²) in [5.41, 5.74) is 0.820. The number of likely N-dealkylation sites (tertiary alicyclic amines) is 1. The van der Waals surface area contributed by atoms with Gasteiger partial charge in [-0.1, -0.05) is 22.0 Å². The lowest BCUT2D eigenvalue weighted by Crippen LogP contribution is -2.33. The summed E-state index contributed by atoms with van der Waals surface area (Å²) in [6, 6.07) is 4.54. The molecule has 2 saturated heterocycles. The van der Waals surface area contributed by atoms with Crippen LogP contribution in [0.1, 0.15) is 5.56 Å². The molecule has 6 nitrogen and oxygen atoms in total. The Hall–Kier alpha value is -1.18. The van der Waals surface area contributed by atoms with Crippen LogP contribution in [0.25, 0.3) is 0 Å². The van der Waals surface area contributed by atoms with Crippen LogP contribution in [-0.4, -0.2) is 41.9 Å². The molecule has 0 bridgehead atoms. The second-order valence-electron chi connectivity index (χ2n) is 5.69. The fourth-order valence-electron chi connectivity index (χ4n) is 3.13. The van der Waals surface area contributed by atoms with Crippen LogP contribution in [0.5, 0.6) is 0 Å². The topological polar surface area (TPSA) is 75.5 Å². The summed E-state index contributed by atoms with van der Waals surface area (Å²) >= 11 is 3.32. The number of hydrogen-bond acceptors (Lipinski definition) is 4. The molecule has 8 heteroatoms. The maximum Gasteiger partial charge on any atom is 0.270 e. The molecule has 2 heterocycles. The SMILES string of the molecule is Cl.O=C(Cc1ccc([N+](=O)[O-])cc1Br)N1C[C@H]2CNC[C@H]2C1. The molecule has 2 aliphatic heterocycles. The number of non-ortho nitro benzene ring substituents is 1. The number of hydrogen-bond donors (Lipinski definition) is 1. The number of nitro groups is 1. The summed E-state index contributed by atoms with van der Waals surface area (Å²) in [6.07, 6.45) is 0.283. The standard InChI is InChI=1S/C14H16BrN3O3.ClH/c15-13-4-12(18(20)21)2-1-9(13)3-14(19)17-7-10-5-16-6-11(10)8-17;/h1-2,4,10-11,16H,3,5-8H2;1H/t10-,11+;. The van der Waals surface area contributed by atoms with Gasteiger partial charge in [0.2, 0.25) is 5.91 Å². The summed E-state index contributed by atoms with van der Waals surface area (Å²) in [4.78, 5) is 24.6. The molecule has 0 spiro atoms. The van der Waals surface area contributed by atoms with E-state index in [2.05, 4.69) is 21.2 Å². The summed E-state index contributed by atoms with van der Waals surface area (Å²) in [5.74, 6) is 1.25. The molecule has 120 valence electrons. The second kappa shape index (κ2) is 6.93. The van der Waals surface area contributed by atoms with Crippen LogP contribution in [0.4, 0.5) is 5.69 Å². The van der Waals surface area contributed by atoms with Gasteiger partial charge in [-0.2, -0.15) is 0 Å². The molecule has 3 rings (SSSR count). The summed E-state index contributed by atoms with van der Waals surface area (Å²) in [5, 5.41) is 14.1. The third kappa shape index (κ3) is 3.42. The summed E-state index contributed by atoms with van der Waals surface area (Å²) in [6.45, 7) is 3.63. The van der Waals surface area contributed by atoms with E-state index in [9.17, 15) is 14.9 Å². The molecule has 2 fully saturated rings. The lowest BCUT2D eigenvalue weighted by Gasteiger charge is -2.18. The average molecular weight is 391 g/mol. The Bertz CT molecular complexity index is 587. The van der Waals surface area contributed by atoms with E-state index in [0.29, 0.717) is 16.3 Å². The van der Waals surface area contributed by atoms with E-state index >= 15 is 0 Å². The maximum absolute atomic E-state index is 12.4. The molecule has 0 aromatic heterocycles. The summed E-state index contributed by atoms with van der Waals surface area (Å²) in [7, 11) is 0. The third-order valence-corrected chi connectivity index (χ3v) is 5.07. The second-order valence-corrected chi connectivity index (χ2v) is 6.54. The van der Waals surface area contributed by atoms with E-state index in [1.54, 1.807) is 6.07 Å². The minimum absolute atomic E-state index is 0. The van der Waals surface area contributed by atoms with Crippen molar-refractivity contribution < 1.29 is 9.72 Å². The number of nitro benzene ring substituents is 1.